The molecular weight excluding hydrogens is 372 g/mol. The molecule has 150 valence electrons. The first kappa shape index (κ1) is 19.9. The maximum Gasteiger partial charge on any atom is 0.339 e. The van der Waals surface area contributed by atoms with Gasteiger partial charge in [-0.05, 0) is 31.2 Å². The lowest BCUT2D eigenvalue weighted by Crippen LogP contribution is -2.08. The lowest BCUT2D eigenvalue weighted by Gasteiger charge is -2.14. The number of hydrogen-bond acceptors (Lipinski definition) is 8. The summed E-state index contributed by atoms with van der Waals surface area (Å²) in [6, 6.07) is 14.3. The van der Waals surface area contributed by atoms with Crippen molar-refractivity contribution >= 4 is 29.1 Å². The van der Waals surface area contributed by atoms with Gasteiger partial charge in [-0.2, -0.15) is 4.98 Å². The normalized spacial score (nSPS) is 10.2. The van der Waals surface area contributed by atoms with Gasteiger partial charge in [0.25, 0.3) is 0 Å². The van der Waals surface area contributed by atoms with E-state index in [9.17, 15) is 4.79 Å². The number of carbonyl (C=O) groups excluding carboxylic acids is 1. The number of esters is 1. The Balaban J connectivity index is 1.89. The SMILES string of the molecule is COC(=O)c1ccccc1Nc1nc(C)cc(Nc2ccc(OC)cc2OC)n1. The topological polar surface area (TPSA) is 94.6 Å². The molecule has 0 atom stereocenters. The van der Waals surface area contributed by atoms with Crippen molar-refractivity contribution in [1.29, 1.82) is 0 Å². The standard InChI is InChI=1S/C21H22N4O4/c1-13-11-19(23-17-10-9-14(27-2)12-18(17)28-3)25-21(22-13)24-16-8-6-5-7-15(16)20(26)29-4/h5-12H,1-4H3,(H2,22,23,24,25). The van der Waals surface area contributed by atoms with Crippen LogP contribution in [0.1, 0.15) is 16.1 Å². The Morgan fingerprint density at radius 3 is 2.41 bits per heavy atom. The van der Waals surface area contributed by atoms with Crippen LogP contribution in [0.5, 0.6) is 11.5 Å². The molecule has 29 heavy (non-hydrogen) atoms. The monoisotopic (exact) mass is 394 g/mol. The molecule has 0 saturated carbocycles. The van der Waals surface area contributed by atoms with Crippen LogP contribution in [-0.2, 0) is 4.74 Å². The van der Waals surface area contributed by atoms with Crippen molar-refractivity contribution in [3.05, 3.63) is 59.8 Å². The van der Waals surface area contributed by atoms with Gasteiger partial charge in [-0.1, -0.05) is 12.1 Å². The van der Waals surface area contributed by atoms with Crippen molar-refractivity contribution in [2.75, 3.05) is 32.0 Å². The molecular formula is C21H22N4O4. The summed E-state index contributed by atoms with van der Waals surface area (Å²) in [6.45, 7) is 1.86. The zero-order valence-corrected chi connectivity index (χ0v) is 16.6. The molecule has 0 aliphatic carbocycles. The van der Waals surface area contributed by atoms with E-state index in [2.05, 4.69) is 20.6 Å². The number of ether oxygens (including phenoxy) is 3. The summed E-state index contributed by atoms with van der Waals surface area (Å²) in [5.41, 5.74) is 2.42. The summed E-state index contributed by atoms with van der Waals surface area (Å²) in [5, 5.41) is 6.31. The van der Waals surface area contributed by atoms with Crippen LogP contribution < -0.4 is 20.1 Å². The van der Waals surface area contributed by atoms with Crippen LogP contribution in [0.3, 0.4) is 0 Å². The molecule has 0 bridgehead atoms. The second kappa shape index (κ2) is 8.92. The van der Waals surface area contributed by atoms with Gasteiger partial charge in [-0.25, -0.2) is 9.78 Å². The van der Waals surface area contributed by atoms with Crippen molar-refractivity contribution in [1.82, 2.24) is 9.97 Å². The smallest absolute Gasteiger partial charge is 0.339 e. The molecule has 0 saturated heterocycles. The third kappa shape index (κ3) is 4.73. The summed E-state index contributed by atoms with van der Waals surface area (Å²) in [5.74, 6) is 1.77. The van der Waals surface area contributed by atoms with E-state index in [-0.39, 0.29) is 0 Å². The number of aryl methyl sites for hydroxylation is 1. The number of methoxy groups -OCH3 is 3. The van der Waals surface area contributed by atoms with Gasteiger partial charge in [0, 0.05) is 17.8 Å². The fourth-order valence-electron chi connectivity index (χ4n) is 2.73. The van der Waals surface area contributed by atoms with Crippen molar-refractivity contribution < 1.29 is 19.0 Å². The summed E-state index contributed by atoms with van der Waals surface area (Å²) in [7, 11) is 4.52. The highest BCUT2D eigenvalue weighted by molar-refractivity contribution is 5.96. The zero-order valence-electron chi connectivity index (χ0n) is 16.6. The molecule has 0 amide bonds. The van der Waals surface area contributed by atoms with Crippen LogP contribution in [0.15, 0.2) is 48.5 Å². The molecule has 0 spiro atoms. The predicted octanol–water partition coefficient (Wildman–Crippen LogP) is 4.08. The second-order valence-corrected chi connectivity index (χ2v) is 6.07. The van der Waals surface area contributed by atoms with E-state index in [1.54, 1.807) is 44.6 Å². The van der Waals surface area contributed by atoms with Gasteiger partial charge >= 0.3 is 5.97 Å². The molecule has 1 heterocycles. The first-order valence-corrected chi connectivity index (χ1v) is 8.83. The highest BCUT2D eigenvalue weighted by Crippen LogP contribution is 2.31. The van der Waals surface area contributed by atoms with E-state index in [1.165, 1.54) is 7.11 Å². The molecule has 0 aliphatic heterocycles. The molecule has 1 aromatic heterocycles. The Morgan fingerprint density at radius 1 is 0.897 bits per heavy atom. The second-order valence-electron chi connectivity index (χ2n) is 6.07. The lowest BCUT2D eigenvalue weighted by molar-refractivity contribution is 0.0602. The minimum Gasteiger partial charge on any atom is -0.497 e. The lowest BCUT2D eigenvalue weighted by atomic mass is 10.2. The van der Waals surface area contributed by atoms with Crippen LogP contribution >= 0.6 is 0 Å². The predicted molar refractivity (Wildman–Crippen MR) is 111 cm³/mol. The van der Waals surface area contributed by atoms with Crippen LogP contribution in [0.25, 0.3) is 0 Å². The highest BCUT2D eigenvalue weighted by Gasteiger charge is 2.13. The third-order valence-electron chi connectivity index (χ3n) is 4.10. The Morgan fingerprint density at radius 2 is 1.69 bits per heavy atom. The number of anilines is 4. The third-order valence-corrected chi connectivity index (χ3v) is 4.10. The summed E-state index contributed by atoms with van der Waals surface area (Å²) < 4.78 is 15.5. The minimum atomic E-state index is -0.443. The van der Waals surface area contributed by atoms with E-state index in [1.807, 2.05) is 25.1 Å². The van der Waals surface area contributed by atoms with Crippen LogP contribution in [0.4, 0.5) is 23.1 Å². The van der Waals surface area contributed by atoms with E-state index < -0.39 is 5.97 Å². The quantitative estimate of drug-likeness (QED) is 0.579. The maximum atomic E-state index is 12.0. The number of hydrogen-bond donors (Lipinski definition) is 2. The Labute approximate surface area is 168 Å². The van der Waals surface area contributed by atoms with Gasteiger partial charge in [0.2, 0.25) is 5.95 Å². The van der Waals surface area contributed by atoms with Crippen molar-refractivity contribution in [3.8, 4) is 11.5 Å². The molecule has 0 radical (unpaired) electrons. The molecule has 8 nitrogen and oxygen atoms in total. The molecule has 2 N–H and O–H groups in total. The molecule has 8 heteroatoms. The summed E-state index contributed by atoms with van der Waals surface area (Å²) >= 11 is 0. The number of benzene rings is 2. The van der Waals surface area contributed by atoms with E-state index >= 15 is 0 Å². The van der Waals surface area contributed by atoms with Gasteiger partial charge < -0.3 is 24.8 Å². The van der Waals surface area contributed by atoms with E-state index in [0.29, 0.717) is 34.5 Å². The Hall–Kier alpha value is -3.81. The number of carbonyl (C=O) groups is 1. The molecule has 3 rings (SSSR count). The first-order chi connectivity index (χ1) is 14.0. The molecule has 2 aromatic carbocycles. The minimum absolute atomic E-state index is 0.344. The maximum absolute atomic E-state index is 12.0. The average Bonchev–Trinajstić information content (AvgIpc) is 2.73. The van der Waals surface area contributed by atoms with E-state index in [4.69, 9.17) is 14.2 Å². The largest absolute Gasteiger partial charge is 0.497 e. The van der Waals surface area contributed by atoms with Crippen molar-refractivity contribution in [2.24, 2.45) is 0 Å². The molecule has 0 fully saturated rings. The number of nitrogens with one attached hydrogen (secondary N) is 2. The summed E-state index contributed by atoms with van der Waals surface area (Å²) in [4.78, 5) is 20.9. The van der Waals surface area contributed by atoms with Crippen molar-refractivity contribution in [3.63, 3.8) is 0 Å². The van der Waals surface area contributed by atoms with Crippen molar-refractivity contribution in [2.45, 2.75) is 6.92 Å². The van der Waals surface area contributed by atoms with Crippen LogP contribution in [-0.4, -0.2) is 37.3 Å². The van der Waals surface area contributed by atoms with E-state index in [0.717, 1.165) is 11.4 Å². The fourth-order valence-corrected chi connectivity index (χ4v) is 2.73. The van der Waals surface area contributed by atoms with Gasteiger partial charge in [0.1, 0.15) is 17.3 Å². The van der Waals surface area contributed by atoms with Gasteiger partial charge in [0.05, 0.1) is 38.3 Å². The first-order valence-electron chi connectivity index (χ1n) is 8.83. The fraction of sp³-hybridized carbons (Fsp3) is 0.190. The van der Waals surface area contributed by atoms with Crippen LogP contribution in [0, 0.1) is 6.92 Å². The molecule has 3 aromatic rings. The number of aromatic nitrogens is 2. The number of nitrogens with zero attached hydrogens (tertiary/aromatic N) is 2. The highest BCUT2D eigenvalue weighted by atomic mass is 16.5. The van der Waals surface area contributed by atoms with Crippen LogP contribution in [0.2, 0.25) is 0 Å². The Kier molecular flexibility index (Phi) is 6.13. The molecule has 0 aliphatic rings. The van der Waals surface area contributed by atoms with Gasteiger partial charge in [0.15, 0.2) is 0 Å². The summed E-state index contributed by atoms with van der Waals surface area (Å²) in [6.07, 6.45) is 0. The zero-order chi connectivity index (χ0) is 20.8. The number of rotatable bonds is 7. The number of para-hydroxylation sites is 1. The Bertz CT molecular complexity index is 1020. The van der Waals surface area contributed by atoms with Gasteiger partial charge in [-0.3, -0.25) is 0 Å². The average molecular weight is 394 g/mol. The molecule has 0 unspecified atom stereocenters. The van der Waals surface area contributed by atoms with Gasteiger partial charge in [-0.15, -0.1) is 0 Å².